The highest BCUT2D eigenvalue weighted by Gasteiger charge is 2.29. The molecule has 3 aromatic rings. The Hall–Kier alpha value is -3.32. The monoisotopic (exact) mass is 462 g/mol. The summed E-state index contributed by atoms with van der Waals surface area (Å²) in [7, 11) is 3.36. The zero-order valence-corrected chi connectivity index (χ0v) is 20.4. The third kappa shape index (κ3) is 5.42. The van der Waals surface area contributed by atoms with E-state index in [-0.39, 0.29) is 11.8 Å². The average Bonchev–Trinajstić information content (AvgIpc) is 3.35. The highest BCUT2D eigenvalue weighted by atomic mass is 16.5. The van der Waals surface area contributed by atoms with Crippen LogP contribution >= 0.6 is 0 Å². The largest absolute Gasteiger partial charge is 0.497 e. The van der Waals surface area contributed by atoms with Gasteiger partial charge >= 0.3 is 0 Å². The minimum atomic E-state index is -0.00321. The van der Waals surface area contributed by atoms with E-state index >= 15 is 0 Å². The summed E-state index contributed by atoms with van der Waals surface area (Å²) >= 11 is 0. The third-order valence-electron chi connectivity index (χ3n) is 6.21. The molecule has 2 N–H and O–H groups in total. The van der Waals surface area contributed by atoms with Crippen LogP contribution in [0.15, 0.2) is 48.5 Å². The summed E-state index contributed by atoms with van der Waals surface area (Å²) in [6.45, 7) is 7.20. The van der Waals surface area contributed by atoms with Crippen LogP contribution in [0.5, 0.6) is 11.5 Å². The van der Waals surface area contributed by atoms with E-state index in [1.165, 1.54) is 0 Å². The number of aromatic nitrogens is 1. The van der Waals surface area contributed by atoms with Crippen LogP contribution in [0.3, 0.4) is 0 Å². The molecule has 1 aliphatic heterocycles. The van der Waals surface area contributed by atoms with Crippen LogP contribution < -0.4 is 25.0 Å². The number of hydrogen-bond acceptors (Lipinski definition) is 6. The van der Waals surface area contributed by atoms with Gasteiger partial charge in [0.05, 0.1) is 24.2 Å². The molecule has 1 atom stereocenters. The number of rotatable bonds is 9. The summed E-state index contributed by atoms with van der Waals surface area (Å²) in [5.74, 6) is 1.70. The van der Waals surface area contributed by atoms with Crippen molar-refractivity contribution in [3.63, 3.8) is 0 Å². The predicted octanol–water partition coefficient (Wildman–Crippen LogP) is 3.86. The highest BCUT2D eigenvalue weighted by molar-refractivity contribution is 5.95. The second kappa shape index (κ2) is 10.7. The smallest absolute Gasteiger partial charge is 0.224 e. The number of methoxy groups -OCH3 is 1. The first-order valence-electron chi connectivity index (χ1n) is 11.9. The lowest BCUT2D eigenvalue weighted by molar-refractivity contribution is -0.123. The van der Waals surface area contributed by atoms with E-state index in [2.05, 4.69) is 41.5 Å². The van der Waals surface area contributed by atoms with E-state index in [1.807, 2.05) is 36.4 Å². The van der Waals surface area contributed by atoms with E-state index in [1.54, 1.807) is 14.2 Å². The lowest BCUT2D eigenvalue weighted by atomic mass is 10.1. The number of pyridine rings is 1. The first-order chi connectivity index (χ1) is 16.5. The Morgan fingerprint density at radius 1 is 1.15 bits per heavy atom. The first kappa shape index (κ1) is 23.8. The van der Waals surface area contributed by atoms with E-state index in [0.717, 1.165) is 58.9 Å². The molecule has 180 valence electrons. The van der Waals surface area contributed by atoms with Crippen molar-refractivity contribution in [2.75, 3.05) is 45.3 Å². The van der Waals surface area contributed by atoms with Crippen molar-refractivity contribution in [3.05, 3.63) is 48.5 Å². The van der Waals surface area contributed by atoms with Crippen molar-refractivity contribution in [1.29, 1.82) is 0 Å². The van der Waals surface area contributed by atoms with Crippen molar-refractivity contribution in [2.24, 2.45) is 5.92 Å². The molecule has 0 bridgehead atoms. The molecule has 1 aromatic heterocycles. The molecule has 0 aliphatic carbocycles. The van der Waals surface area contributed by atoms with Crippen molar-refractivity contribution >= 4 is 22.5 Å². The minimum Gasteiger partial charge on any atom is -0.497 e. The maximum atomic E-state index is 12.2. The van der Waals surface area contributed by atoms with Gasteiger partial charge in [0, 0.05) is 55.4 Å². The fourth-order valence-electron chi connectivity index (χ4n) is 4.36. The van der Waals surface area contributed by atoms with Crippen LogP contribution in [0.2, 0.25) is 0 Å². The number of benzene rings is 2. The standard InChI is InChI=1S/C27H34N4O3/c1-18(2)29-12-14-34-21-7-5-19(6-8-21)24-16-26(31-13-11-20(17-31)27(32)28-3)23-10-9-22(33-4)15-25(23)30-24/h5-10,15-16,18,20,29H,11-14,17H2,1-4H3,(H,28,32)/t20-/m0/s1. The number of nitrogens with zero attached hydrogens (tertiary/aromatic N) is 2. The highest BCUT2D eigenvalue weighted by Crippen LogP contribution is 2.35. The number of amides is 1. The Morgan fingerprint density at radius 3 is 2.62 bits per heavy atom. The second-order valence-electron chi connectivity index (χ2n) is 8.94. The molecular formula is C27H34N4O3. The Bertz CT molecular complexity index is 1130. The van der Waals surface area contributed by atoms with Gasteiger partial charge in [-0.25, -0.2) is 4.98 Å². The molecule has 2 aromatic carbocycles. The van der Waals surface area contributed by atoms with E-state index in [9.17, 15) is 4.79 Å². The Kier molecular flexibility index (Phi) is 7.53. The Labute approximate surface area is 201 Å². The van der Waals surface area contributed by atoms with Crippen LogP contribution in [-0.2, 0) is 4.79 Å². The molecule has 34 heavy (non-hydrogen) atoms. The number of anilines is 1. The molecule has 7 nitrogen and oxygen atoms in total. The summed E-state index contributed by atoms with van der Waals surface area (Å²) in [4.78, 5) is 19.4. The van der Waals surface area contributed by atoms with Gasteiger partial charge in [0.15, 0.2) is 0 Å². The predicted molar refractivity (Wildman–Crippen MR) is 137 cm³/mol. The summed E-state index contributed by atoms with van der Waals surface area (Å²) in [6, 6.07) is 16.6. The molecule has 1 saturated heterocycles. The van der Waals surface area contributed by atoms with Gasteiger partial charge in [0.2, 0.25) is 5.91 Å². The van der Waals surface area contributed by atoms with Crippen LogP contribution in [0.25, 0.3) is 22.2 Å². The lowest BCUT2D eigenvalue weighted by Gasteiger charge is -2.22. The third-order valence-corrected chi connectivity index (χ3v) is 6.21. The van der Waals surface area contributed by atoms with Gasteiger partial charge in [-0.3, -0.25) is 4.79 Å². The molecule has 1 amide bonds. The Balaban J connectivity index is 1.62. The molecule has 7 heteroatoms. The zero-order chi connectivity index (χ0) is 24.1. The Morgan fingerprint density at radius 2 is 1.91 bits per heavy atom. The number of hydrogen-bond donors (Lipinski definition) is 2. The summed E-state index contributed by atoms with van der Waals surface area (Å²) < 4.78 is 11.3. The fourth-order valence-corrected chi connectivity index (χ4v) is 4.36. The molecule has 2 heterocycles. The number of carbonyl (C=O) groups excluding carboxylic acids is 1. The van der Waals surface area contributed by atoms with Crippen LogP contribution in [0.4, 0.5) is 5.69 Å². The van der Waals surface area contributed by atoms with Crippen molar-refractivity contribution in [3.8, 4) is 22.8 Å². The molecular weight excluding hydrogens is 428 g/mol. The second-order valence-corrected chi connectivity index (χ2v) is 8.94. The van der Waals surface area contributed by atoms with Gasteiger partial charge < -0.3 is 25.0 Å². The normalized spacial score (nSPS) is 15.7. The SMILES string of the molecule is CNC(=O)[C@H]1CCN(c2cc(-c3ccc(OCCNC(C)C)cc3)nc3cc(OC)ccc23)C1. The number of carbonyl (C=O) groups is 1. The topological polar surface area (TPSA) is 75.7 Å². The molecule has 0 radical (unpaired) electrons. The molecule has 1 fully saturated rings. The van der Waals surface area contributed by atoms with Gasteiger partial charge in [-0.15, -0.1) is 0 Å². The van der Waals surface area contributed by atoms with Crippen molar-refractivity contribution < 1.29 is 14.3 Å². The van der Waals surface area contributed by atoms with Gasteiger partial charge in [-0.1, -0.05) is 13.8 Å². The van der Waals surface area contributed by atoms with E-state index < -0.39 is 0 Å². The van der Waals surface area contributed by atoms with Crippen LogP contribution in [0, 0.1) is 5.92 Å². The summed E-state index contributed by atoms with van der Waals surface area (Å²) in [6.07, 6.45) is 0.840. The number of ether oxygens (including phenoxy) is 2. The zero-order valence-electron chi connectivity index (χ0n) is 20.4. The number of fused-ring (bicyclic) bond motifs is 1. The molecule has 1 aliphatic rings. The molecule has 0 unspecified atom stereocenters. The average molecular weight is 463 g/mol. The van der Waals surface area contributed by atoms with Crippen molar-refractivity contribution in [1.82, 2.24) is 15.6 Å². The molecule has 0 spiro atoms. The quantitative estimate of drug-likeness (QED) is 0.471. The fraction of sp³-hybridized carbons (Fsp3) is 0.407. The van der Waals surface area contributed by atoms with Gasteiger partial charge in [-0.2, -0.15) is 0 Å². The van der Waals surface area contributed by atoms with Gasteiger partial charge in [-0.05, 0) is 48.9 Å². The summed E-state index contributed by atoms with van der Waals surface area (Å²) in [5, 5.41) is 7.19. The molecule has 4 rings (SSSR count). The van der Waals surface area contributed by atoms with Gasteiger partial charge in [0.1, 0.15) is 18.1 Å². The van der Waals surface area contributed by atoms with Crippen LogP contribution in [0.1, 0.15) is 20.3 Å². The van der Waals surface area contributed by atoms with Crippen molar-refractivity contribution in [2.45, 2.75) is 26.3 Å². The maximum absolute atomic E-state index is 12.2. The lowest BCUT2D eigenvalue weighted by Crippen LogP contribution is -2.30. The van der Waals surface area contributed by atoms with E-state index in [4.69, 9.17) is 14.5 Å². The minimum absolute atomic E-state index is 0.00321. The molecule has 0 saturated carbocycles. The first-order valence-corrected chi connectivity index (χ1v) is 11.9. The number of nitrogens with one attached hydrogen (secondary N) is 2. The van der Waals surface area contributed by atoms with Gasteiger partial charge in [0.25, 0.3) is 0 Å². The maximum Gasteiger partial charge on any atom is 0.224 e. The van der Waals surface area contributed by atoms with E-state index in [0.29, 0.717) is 19.2 Å². The van der Waals surface area contributed by atoms with Crippen LogP contribution in [-0.4, -0.2) is 57.3 Å². The summed E-state index contributed by atoms with van der Waals surface area (Å²) in [5.41, 5.74) is 3.86.